The van der Waals surface area contributed by atoms with E-state index in [1.165, 1.54) is 0 Å². The molecule has 1 aromatic rings. The Hall–Kier alpha value is -0.870. The summed E-state index contributed by atoms with van der Waals surface area (Å²) in [6.07, 6.45) is 2.52. The Balaban J connectivity index is 2.11. The lowest BCUT2D eigenvalue weighted by Crippen LogP contribution is -2.35. The maximum Gasteiger partial charge on any atom is 0.0841 e. The predicted molar refractivity (Wildman–Crippen MR) is 63.4 cm³/mol. The van der Waals surface area contributed by atoms with E-state index in [2.05, 4.69) is 30.0 Å². The smallest absolute Gasteiger partial charge is 0.0841 e. The lowest BCUT2D eigenvalue weighted by atomic mass is 9.96. The number of aromatic nitrogens is 2. The molecule has 0 aromatic carbocycles. The second kappa shape index (κ2) is 4.18. The second-order valence-corrected chi connectivity index (χ2v) is 4.99. The van der Waals surface area contributed by atoms with Crippen LogP contribution in [0.15, 0.2) is 6.07 Å². The Labute approximate surface area is 96.9 Å². The van der Waals surface area contributed by atoms with Crippen molar-refractivity contribution in [3.8, 4) is 0 Å². The lowest BCUT2D eigenvalue weighted by molar-refractivity contribution is 0.0505. The molecule has 4 heteroatoms. The van der Waals surface area contributed by atoms with Crippen LogP contribution in [0, 0.1) is 0 Å². The number of likely N-dealkylation sites (tertiary alicyclic amines) is 1. The van der Waals surface area contributed by atoms with Gasteiger partial charge in [-0.05, 0) is 26.0 Å². The maximum atomic E-state index is 10.4. The molecule has 2 heterocycles. The number of hydrogen-bond acceptors (Lipinski definition) is 3. The van der Waals surface area contributed by atoms with Gasteiger partial charge in [0.2, 0.25) is 0 Å². The van der Waals surface area contributed by atoms with Crippen LogP contribution >= 0.6 is 0 Å². The van der Waals surface area contributed by atoms with Gasteiger partial charge in [-0.1, -0.05) is 6.92 Å². The fourth-order valence-electron chi connectivity index (χ4n) is 2.45. The molecular weight excluding hydrogens is 202 g/mol. The normalized spacial score (nSPS) is 26.5. The first kappa shape index (κ1) is 11.6. The van der Waals surface area contributed by atoms with Crippen LogP contribution in [-0.4, -0.2) is 45.5 Å². The summed E-state index contributed by atoms with van der Waals surface area (Å²) in [5.41, 5.74) is 1.68. The van der Waals surface area contributed by atoms with E-state index < -0.39 is 5.60 Å². The van der Waals surface area contributed by atoms with E-state index in [0.717, 1.165) is 37.3 Å². The zero-order valence-electron chi connectivity index (χ0n) is 10.4. The van der Waals surface area contributed by atoms with Gasteiger partial charge < -0.3 is 10.0 Å². The van der Waals surface area contributed by atoms with Crippen LogP contribution < -0.4 is 0 Å². The van der Waals surface area contributed by atoms with Crippen LogP contribution in [-0.2, 0) is 19.9 Å². The van der Waals surface area contributed by atoms with Gasteiger partial charge in [0.15, 0.2) is 0 Å². The van der Waals surface area contributed by atoms with Crippen LogP contribution in [0.1, 0.15) is 24.7 Å². The van der Waals surface area contributed by atoms with Crippen molar-refractivity contribution < 1.29 is 5.11 Å². The highest BCUT2D eigenvalue weighted by Gasteiger charge is 2.35. The molecule has 1 aromatic heterocycles. The van der Waals surface area contributed by atoms with Crippen molar-refractivity contribution in [2.45, 2.75) is 31.8 Å². The van der Waals surface area contributed by atoms with E-state index in [9.17, 15) is 5.11 Å². The van der Waals surface area contributed by atoms with E-state index in [0.29, 0.717) is 6.42 Å². The summed E-state index contributed by atoms with van der Waals surface area (Å²) in [5, 5.41) is 14.9. The zero-order valence-corrected chi connectivity index (χ0v) is 10.4. The van der Waals surface area contributed by atoms with E-state index >= 15 is 0 Å². The summed E-state index contributed by atoms with van der Waals surface area (Å²) in [5.74, 6) is 0. The molecule has 0 aliphatic carbocycles. The van der Waals surface area contributed by atoms with Crippen molar-refractivity contribution in [1.82, 2.24) is 14.7 Å². The number of aliphatic hydroxyl groups is 1. The number of β-amino-alcohol motifs (C(OH)–C–C–N with tert-alkyl or cyclic N) is 1. The lowest BCUT2D eigenvalue weighted by Gasteiger charge is -2.22. The van der Waals surface area contributed by atoms with Gasteiger partial charge in [-0.15, -0.1) is 0 Å². The summed E-state index contributed by atoms with van der Waals surface area (Å²) >= 11 is 0. The minimum atomic E-state index is -0.562. The standard InChI is InChI=1S/C12H21N3O/c1-4-10-7-11(15(3)13-10)8-12(16)5-6-14(2)9-12/h7,16H,4-6,8-9H2,1-3H3. The maximum absolute atomic E-state index is 10.4. The average Bonchev–Trinajstić information content (AvgIpc) is 2.72. The van der Waals surface area contributed by atoms with Crippen molar-refractivity contribution in [1.29, 1.82) is 0 Å². The largest absolute Gasteiger partial charge is 0.388 e. The topological polar surface area (TPSA) is 41.3 Å². The van der Waals surface area contributed by atoms with Gasteiger partial charge in [0.05, 0.1) is 11.3 Å². The predicted octanol–water partition coefficient (Wildman–Crippen LogP) is 0.592. The third-order valence-electron chi connectivity index (χ3n) is 3.42. The van der Waals surface area contributed by atoms with Gasteiger partial charge in [0.25, 0.3) is 0 Å². The third-order valence-corrected chi connectivity index (χ3v) is 3.42. The fourth-order valence-corrected chi connectivity index (χ4v) is 2.45. The molecule has 0 bridgehead atoms. The molecule has 1 aliphatic rings. The number of rotatable bonds is 3. The highest BCUT2D eigenvalue weighted by molar-refractivity contribution is 5.13. The van der Waals surface area contributed by atoms with E-state index in [-0.39, 0.29) is 0 Å². The van der Waals surface area contributed by atoms with Crippen molar-refractivity contribution in [2.24, 2.45) is 7.05 Å². The van der Waals surface area contributed by atoms with Crippen LogP contribution in [0.5, 0.6) is 0 Å². The molecule has 0 amide bonds. The van der Waals surface area contributed by atoms with Crippen LogP contribution in [0.2, 0.25) is 0 Å². The summed E-state index contributed by atoms with van der Waals surface area (Å²) < 4.78 is 1.90. The Morgan fingerprint density at radius 1 is 1.50 bits per heavy atom. The molecule has 90 valence electrons. The molecular formula is C12H21N3O. The summed E-state index contributed by atoms with van der Waals surface area (Å²) in [7, 11) is 4.01. The SMILES string of the molecule is CCc1cc(CC2(O)CCN(C)C2)n(C)n1. The Morgan fingerprint density at radius 3 is 2.75 bits per heavy atom. The molecule has 16 heavy (non-hydrogen) atoms. The van der Waals surface area contributed by atoms with Crippen molar-refractivity contribution in [3.63, 3.8) is 0 Å². The fraction of sp³-hybridized carbons (Fsp3) is 0.750. The van der Waals surface area contributed by atoms with Crippen LogP contribution in [0.25, 0.3) is 0 Å². The highest BCUT2D eigenvalue weighted by Crippen LogP contribution is 2.24. The number of hydrogen-bond donors (Lipinski definition) is 1. The average molecular weight is 223 g/mol. The molecule has 1 saturated heterocycles. The van der Waals surface area contributed by atoms with Crippen molar-refractivity contribution in [2.75, 3.05) is 20.1 Å². The van der Waals surface area contributed by atoms with Gasteiger partial charge in [-0.2, -0.15) is 5.10 Å². The first-order valence-corrected chi connectivity index (χ1v) is 5.95. The molecule has 4 nitrogen and oxygen atoms in total. The van der Waals surface area contributed by atoms with E-state index in [4.69, 9.17) is 0 Å². The zero-order chi connectivity index (χ0) is 11.8. The Kier molecular flexibility index (Phi) is 3.04. The molecule has 1 N–H and O–H groups in total. The van der Waals surface area contributed by atoms with Crippen LogP contribution in [0.3, 0.4) is 0 Å². The summed E-state index contributed by atoms with van der Waals surface area (Å²) in [6, 6.07) is 2.11. The molecule has 1 atom stereocenters. The second-order valence-electron chi connectivity index (χ2n) is 4.99. The molecule has 0 saturated carbocycles. The molecule has 0 spiro atoms. The Morgan fingerprint density at radius 2 is 2.25 bits per heavy atom. The van der Waals surface area contributed by atoms with Gasteiger partial charge in [-0.25, -0.2) is 0 Å². The molecule has 1 aliphatic heterocycles. The summed E-state index contributed by atoms with van der Waals surface area (Å²) in [4.78, 5) is 2.18. The van der Waals surface area contributed by atoms with Gasteiger partial charge >= 0.3 is 0 Å². The monoisotopic (exact) mass is 223 g/mol. The summed E-state index contributed by atoms with van der Waals surface area (Å²) in [6.45, 7) is 3.85. The minimum absolute atomic E-state index is 0.562. The molecule has 1 unspecified atom stereocenters. The van der Waals surface area contributed by atoms with Crippen LogP contribution in [0.4, 0.5) is 0 Å². The minimum Gasteiger partial charge on any atom is -0.388 e. The first-order valence-electron chi connectivity index (χ1n) is 5.95. The van der Waals surface area contributed by atoms with Gasteiger partial charge in [0, 0.05) is 32.3 Å². The molecule has 1 fully saturated rings. The number of nitrogens with zero attached hydrogens (tertiary/aromatic N) is 3. The van der Waals surface area contributed by atoms with Gasteiger partial charge in [-0.3, -0.25) is 4.68 Å². The van der Waals surface area contributed by atoms with Crippen molar-refractivity contribution in [3.05, 3.63) is 17.5 Å². The number of aryl methyl sites for hydroxylation is 2. The Bertz CT molecular complexity index is 374. The number of likely N-dealkylation sites (N-methyl/N-ethyl adjacent to an activating group) is 1. The quantitative estimate of drug-likeness (QED) is 0.815. The van der Waals surface area contributed by atoms with E-state index in [1.807, 2.05) is 11.7 Å². The van der Waals surface area contributed by atoms with Gasteiger partial charge in [0.1, 0.15) is 0 Å². The van der Waals surface area contributed by atoms with E-state index in [1.54, 1.807) is 0 Å². The third kappa shape index (κ3) is 2.28. The highest BCUT2D eigenvalue weighted by atomic mass is 16.3. The molecule has 2 rings (SSSR count). The molecule has 0 radical (unpaired) electrons. The van der Waals surface area contributed by atoms with Crippen molar-refractivity contribution >= 4 is 0 Å². The first-order chi connectivity index (χ1) is 7.52.